The number of oxime groups is 1. The van der Waals surface area contributed by atoms with E-state index in [1.807, 2.05) is 0 Å². The molecule has 1 aromatic heterocycles. The van der Waals surface area contributed by atoms with Crippen molar-refractivity contribution in [3.05, 3.63) is 48.0 Å². The van der Waals surface area contributed by atoms with Crippen LogP contribution in [-0.2, 0) is 16.7 Å². The molecule has 0 bridgehead atoms. The number of benzene rings is 1. The molecule has 0 saturated carbocycles. The van der Waals surface area contributed by atoms with E-state index in [9.17, 15) is 9.18 Å². The van der Waals surface area contributed by atoms with Crippen molar-refractivity contribution < 1.29 is 14.0 Å². The third-order valence-corrected chi connectivity index (χ3v) is 2.47. The van der Waals surface area contributed by atoms with Gasteiger partial charge in [0.1, 0.15) is 5.82 Å². The number of halogens is 1. The Morgan fingerprint density at radius 1 is 1.57 bits per heavy atom. The van der Waals surface area contributed by atoms with E-state index in [0.29, 0.717) is 11.3 Å². The minimum absolute atomic E-state index is 0.113. The molecular formula is C13H14FN5O2. The fourth-order valence-corrected chi connectivity index (χ4v) is 1.53. The summed E-state index contributed by atoms with van der Waals surface area (Å²) in [5.41, 5.74) is 6.58. The van der Waals surface area contributed by atoms with Gasteiger partial charge in [0, 0.05) is 18.9 Å². The maximum absolute atomic E-state index is 12.9. The highest BCUT2D eigenvalue weighted by atomic mass is 19.1. The number of aryl methyl sites for hydroxylation is 1. The highest BCUT2D eigenvalue weighted by Crippen LogP contribution is 2.08. The molecule has 3 N–H and O–H groups in total. The van der Waals surface area contributed by atoms with Crippen LogP contribution in [0, 0.1) is 5.82 Å². The van der Waals surface area contributed by atoms with E-state index in [-0.39, 0.29) is 12.4 Å². The number of rotatable bonds is 5. The van der Waals surface area contributed by atoms with Gasteiger partial charge >= 0.3 is 0 Å². The van der Waals surface area contributed by atoms with Gasteiger partial charge in [-0.2, -0.15) is 5.10 Å². The van der Waals surface area contributed by atoms with Crippen LogP contribution in [0.15, 0.2) is 41.8 Å². The topological polar surface area (TPSA) is 94.5 Å². The monoisotopic (exact) mass is 291 g/mol. The molecule has 0 unspecified atom stereocenters. The van der Waals surface area contributed by atoms with Gasteiger partial charge in [-0.1, -0.05) is 11.2 Å². The Balaban J connectivity index is 1.84. The zero-order valence-electron chi connectivity index (χ0n) is 11.3. The lowest BCUT2D eigenvalue weighted by Gasteiger charge is -2.04. The van der Waals surface area contributed by atoms with Crippen molar-refractivity contribution in [2.45, 2.75) is 0 Å². The largest absolute Gasteiger partial charge is 0.384 e. The third kappa shape index (κ3) is 4.30. The molecular weight excluding hydrogens is 277 g/mol. The van der Waals surface area contributed by atoms with Crippen molar-refractivity contribution in [3.63, 3.8) is 0 Å². The molecule has 8 heteroatoms. The summed E-state index contributed by atoms with van der Waals surface area (Å²) in [6.45, 7) is -0.336. The number of aromatic nitrogens is 2. The normalized spacial score (nSPS) is 11.2. The highest BCUT2D eigenvalue weighted by molar-refractivity contribution is 5.96. The first-order chi connectivity index (χ1) is 10.0. The molecule has 21 heavy (non-hydrogen) atoms. The molecule has 7 nitrogen and oxygen atoms in total. The number of hydrogen-bond acceptors (Lipinski definition) is 4. The number of amides is 1. The van der Waals surface area contributed by atoms with Crippen LogP contribution in [-0.4, -0.2) is 28.1 Å². The van der Waals surface area contributed by atoms with Gasteiger partial charge < -0.3 is 15.9 Å². The molecule has 1 amide bonds. The lowest BCUT2D eigenvalue weighted by atomic mass is 10.3. The molecule has 0 aliphatic carbocycles. The van der Waals surface area contributed by atoms with E-state index in [4.69, 9.17) is 10.6 Å². The summed E-state index contributed by atoms with van der Waals surface area (Å²) in [5.74, 6) is -0.794. The number of nitrogens with one attached hydrogen (secondary N) is 1. The fraction of sp³-hybridized carbons (Fsp3) is 0.154. The predicted octanol–water partition coefficient (Wildman–Crippen LogP) is 0.835. The van der Waals surface area contributed by atoms with Crippen molar-refractivity contribution in [2.24, 2.45) is 17.9 Å². The molecule has 0 aliphatic rings. The van der Waals surface area contributed by atoms with Crippen LogP contribution in [0.5, 0.6) is 0 Å². The molecule has 110 valence electrons. The first-order valence-electron chi connectivity index (χ1n) is 6.04. The smallest absolute Gasteiger partial charge is 0.265 e. The van der Waals surface area contributed by atoms with Gasteiger partial charge in [-0.25, -0.2) is 4.39 Å². The van der Waals surface area contributed by atoms with E-state index in [2.05, 4.69) is 15.6 Å². The van der Waals surface area contributed by atoms with Crippen LogP contribution in [0.1, 0.15) is 5.56 Å². The number of nitrogens with zero attached hydrogens (tertiary/aromatic N) is 3. The maximum atomic E-state index is 12.9. The molecule has 0 atom stereocenters. The maximum Gasteiger partial charge on any atom is 0.265 e. The molecule has 0 aliphatic heterocycles. The van der Waals surface area contributed by atoms with Gasteiger partial charge in [0.05, 0.1) is 11.8 Å². The minimum Gasteiger partial charge on any atom is -0.384 e. The summed E-state index contributed by atoms with van der Waals surface area (Å²) in [6, 6.07) is 5.54. The average Bonchev–Trinajstić information content (AvgIpc) is 2.85. The average molecular weight is 291 g/mol. The van der Waals surface area contributed by atoms with Crippen molar-refractivity contribution in [1.82, 2.24) is 9.78 Å². The number of carbonyl (C=O) groups excluding carboxylic acids is 1. The summed E-state index contributed by atoms with van der Waals surface area (Å²) in [7, 11) is 1.74. The Morgan fingerprint density at radius 3 is 3.05 bits per heavy atom. The van der Waals surface area contributed by atoms with Crippen LogP contribution in [0.3, 0.4) is 0 Å². The van der Waals surface area contributed by atoms with E-state index in [1.165, 1.54) is 24.4 Å². The van der Waals surface area contributed by atoms with Crippen LogP contribution in [0.25, 0.3) is 0 Å². The lowest BCUT2D eigenvalue weighted by molar-refractivity contribution is -0.120. The first kappa shape index (κ1) is 14.5. The molecule has 0 radical (unpaired) electrons. The van der Waals surface area contributed by atoms with E-state index >= 15 is 0 Å². The number of anilines is 1. The van der Waals surface area contributed by atoms with Crippen molar-refractivity contribution >= 4 is 17.4 Å². The first-order valence-corrected chi connectivity index (χ1v) is 6.04. The summed E-state index contributed by atoms with van der Waals surface area (Å²) >= 11 is 0. The summed E-state index contributed by atoms with van der Waals surface area (Å²) in [5, 5.41) is 10.0. The Hall–Kier alpha value is -2.90. The molecule has 2 aromatic rings. The van der Waals surface area contributed by atoms with E-state index in [1.54, 1.807) is 24.0 Å². The summed E-state index contributed by atoms with van der Waals surface area (Å²) in [6.07, 6.45) is 3.18. The van der Waals surface area contributed by atoms with Crippen LogP contribution in [0.2, 0.25) is 0 Å². The van der Waals surface area contributed by atoms with Crippen LogP contribution in [0.4, 0.5) is 10.1 Å². The van der Waals surface area contributed by atoms with Crippen molar-refractivity contribution in [2.75, 3.05) is 11.9 Å². The number of carbonyl (C=O) groups is 1. The SMILES string of the molecule is Cn1cc(/C(N)=N/OCC(=O)Nc2cccc(F)c2)cn1. The van der Waals surface area contributed by atoms with E-state index in [0.717, 1.165) is 0 Å². The second kappa shape index (κ2) is 6.51. The van der Waals surface area contributed by atoms with Crippen molar-refractivity contribution in [3.8, 4) is 0 Å². The molecule has 0 fully saturated rings. The van der Waals surface area contributed by atoms with Gasteiger partial charge in [0.15, 0.2) is 12.4 Å². The number of hydrogen-bond donors (Lipinski definition) is 2. The van der Waals surface area contributed by atoms with Crippen LogP contribution >= 0.6 is 0 Å². The van der Waals surface area contributed by atoms with E-state index < -0.39 is 11.7 Å². The second-order valence-corrected chi connectivity index (χ2v) is 4.21. The summed E-state index contributed by atoms with van der Waals surface area (Å²) < 4.78 is 14.5. The highest BCUT2D eigenvalue weighted by Gasteiger charge is 2.05. The fourth-order valence-electron chi connectivity index (χ4n) is 1.53. The molecule has 0 spiro atoms. The van der Waals surface area contributed by atoms with Crippen LogP contribution < -0.4 is 11.1 Å². The minimum atomic E-state index is -0.469. The number of nitrogens with two attached hydrogens (primary N) is 1. The summed E-state index contributed by atoms with van der Waals surface area (Å²) in [4.78, 5) is 16.4. The standard InChI is InChI=1S/C13H14FN5O2/c1-19-7-9(6-16-19)13(15)18-21-8-12(20)17-11-4-2-3-10(14)5-11/h2-7H,8H2,1H3,(H2,15,18)(H,17,20). The van der Waals surface area contributed by atoms with Gasteiger partial charge in [-0.15, -0.1) is 0 Å². The van der Waals surface area contributed by atoms with Gasteiger partial charge in [-0.3, -0.25) is 9.48 Å². The Morgan fingerprint density at radius 2 is 2.38 bits per heavy atom. The zero-order chi connectivity index (χ0) is 15.2. The lowest BCUT2D eigenvalue weighted by Crippen LogP contribution is -2.19. The molecule has 1 aromatic carbocycles. The number of amidine groups is 1. The quantitative estimate of drug-likeness (QED) is 0.485. The second-order valence-electron chi connectivity index (χ2n) is 4.21. The Labute approximate surface area is 120 Å². The molecule has 2 rings (SSSR count). The molecule has 1 heterocycles. The Kier molecular flexibility index (Phi) is 4.50. The van der Waals surface area contributed by atoms with Crippen molar-refractivity contribution in [1.29, 1.82) is 0 Å². The zero-order valence-corrected chi connectivity index (χ0v) is 11.3. The van der Waals surface area contributed by atoms with Gasteiger partial charge in [0.25, 0.3) is 5.91 Å². The third-order valence-electron chi connectivity index (χ3n) is 2.47. The van der Waals surface area contributed by atoms with Gasteiger partial charge in [-0.05, 0) is 18.2 Å². The predicted molar refractivity (Wildman–Crippen MR) is 74.9 cm³/mol. The van der Waals surface area contributed by atoms with Gasteiger partial charge in [0.2, 0.25) is 0 Å². The molecule has 0 saturated heterocycles. The Bertz CT molecular complexity index is 668.